The molecular weight excluding hydrogens is 437 g/mol. The van der Waals surface area contributed by atoms with Crippen LogP contribution in [0.2, 0.25) is 10.0 Å². The smallest absolute Gasteiger partial charge is 0.310 e. The Hall–Kier alpha value is -3.02. The molecule has 1 N–H and O–H groups in total. The van der Waals surface area contributed by atoms with Crippen molar-refractivity contribution in [1.82, 2.24) is 0 Å². The van der Waals surface area contributed by atoms with Crippen molar-refractivity contribution in [3.05, 3.63) is 87.9 Å². The Morgan fingerprint density at radius 3 is 2.26 bits per heavy atom. The van der Waals surface area contributed by atoms with E-state index in [0.29, 0.717) is 44.9 Å². The molecule has 0 fully saturated rings. The maximum Gasteiger partial charge on any atom is 0.310 e. The number of ketones is 1. The van der Waals surface area contributed by atoms with Gasteiger partial charge in [-0.15, -0.1) is 0 Å². The molecule has 0 aliphatic heterocycles. The number of para-hydroxylation sites is 2. The second kappa shape index (κ2) is 10.8. The van der Waals surface area contributed by atoms with E-state index in [1.165, 1.54) is 0 Å². The van der Waals surface area contributed by atoms with E-state index in [1.54, 1.807) is 48.5 Å². The van der Waals surface area contributed by atoms with Gasteiger partial charge in [0.25, 0.3) is 0 Å². The number of ether oxygens (including phenoxy) is 2. The lowest BCUT2D eigenvalue weighted by Gasteiger charge is -2.14. The van der Waals surface area contributed by atoms with Crippen LogP contribution in [0.5, 0.6) is 5.75 Å². The fourth-order valence-corrected chi connectivity index (χ4v) is 3.38. The summed E-state index contributed by atoms with van der Waals surface area (Å²) < 4.78 is 10.5. The van der Waals surface area contributed by atoms with Gasteiger partial charge in [-0.2, -0.15) is 0 Å². The van der Waals surface area contributed by atoms with E-state index in [-0.39, 0.29) is 18.8 Å². The van der Waals surface area contributed by atoms with Gasteiger partial charge in [-0.05, 0) is 55.0 Å². The first-order valence-electron chi connectivity index (χ1n) is 9.68. The van der Waals surface area contributed by atoms with E-state index < -0.39 is 5.97 Å². The van der Waals surface area contributed by atoms with E-state index in [1.807, 2.05) is 25.1 Å². The zero-order valence-corrected chi connectivity index (χ0v) is 18.4. The number of halogens is 2. The normalized spacial score (nSPS) is 10.4. The van der Waals surface area contributed by atoms with Crippen molar-refractivity contribution in [3.8, 4) is 5.75 Å². The molecule has 7 heteroatoms. The summed E-state index contributed by atoms with van der Waals surface area (Å²) in [6.07, 6.45) is -0.0121. The number of benzene rings is 3. The van der Waals surface area contributed by atoms with Crippen molar-refractivity contribution >= 4 is 46.3 Å². The molecule has 0 atom stereocenters. The summed E-state index contributed by atoms with van der Waals surface area (Å²) in [6.45, 7) is 2.10. The molecule has 0 amide bonds. The number of hydrogen-bond acceptors (Lipinski definition) is 5. The Bertz CT molecular complexity index is 1050. The molecule has 0 aliphatic rings. The van der Waals surface area contributed by atoms with Crippen molar-refractivity contribution < 1.29 is 19.1 Å². The summed E-state index contributed by atoms with van der Waals surface area (Å²) in [7, 11) is 0. The molecule has 3 aromatic rings. The largest absolute Gasteiger partial charge is 0.494 e. The summed E-state index contributed by atoms with van der Waals surface area (Å²) in [5.41, 5.74) is 2.37. The molecule has 0 saturated carbocycles. The summed E-state index contributed by atoms with van der Waals surface area (Å²) in [4.78, 5) is 24.6. The molecule has 0 heterocycles. The Labute approximate surface area is 190 Å². The van der Waals surface area contributed by atoms with Crippen molar-refractivity contribution in [3.63, 3.8) is 0 Å². The van der Waals surface area contributed by atoms with E-state index in [4.69, 9.17) is 32.7 Å². The first-order chi connectivity index (χ1) is 15.0. The number of Topliss-reactive ketones (excluding diaryl/α,β-unsaturated/α-hetero) is 1. The van der Waals surface area contributed by atoms with Crippen LogP contribution in [-0.4, -0.2) is 25.0 Å². The first-order valence-corrected chi connectivity index (χ1v) is 10.4. The van der Waals surface area contributed by atoms with Crippen molar-refractivity contribution in [2.45, 2.75) is 13.3 Å². The lowest BCUT2D eigenvalue weighted by Crippen LogP contribution is -2.16. The summed E-state index contributed by atoms with van der Waals surface area (Å²) >= 11 is 12.4. The Morgan fingerprint density at radius 2 is 1.58 bits per heavy atom. The standard InChI is InChI=1S/C24H21Cl2NO4/c1-2-30-18-12-10-16(11-13-18)22(28)15-31-23(29)14-17-6-3-4-9-21(17)27-24-19(25)7-5-8-20(24)26/h3-13,27H,2,14-15H2,1H3. The van der Waals surface area contributed by atoms with Gasteiger partial charge in [-0.3, -0.25) is 9.59 Å². The third-order valence-electron chi connectivity index (χ3n) is 4.43. The molecule has 0 aromatic heterocycles. The van der Waals surface area contributed by atoms with Gasteiger partial charge in [-0.1, -0.05) is 47.5 Å². The highest BCUT2D eigenvalue weighted by Crippen LogP contribution is 2.33. The minimum atomic E-state index is -0.515. The van der Waals surface area contributed by atoms with Crippen molar-refractivity contribution in [1.29, 1.82) is 0 Å². The second-order valence-corrected chi connectivity index (χ2v) is 7.41. The molecule has 3 rings (SSSR count). The van der Waals surface area contributed by atoms with Crippen LogP contribution in [0.25, 0.3) is 0 Å². The lowest BCUT2D eigenvalue weighted by atomic mass is 10.1. The summed E-state index contributed by atoms with van der Waals surface area (Å²) in [5, 5.41) is 4.10. The monoisotopic (exact) mass is 457 g/mol. The third kappa shape index (κ3) is 6.23. The fourth-order valence-electron chi connectivity index (χ4n) is 2.89. The average molecular weight is 458 g/mol. The van der Waals surface area contributed by atoms with Gasteiger partial charge in [0, 0.05) is 11.3 Å². The van der Waals surface area contributed by atoms with Gasteiger partial charge in [0.05, 0.1) is 28.8 Å². The molecule has 3 aromatic carbocycles. The van der Waals surface area contributed by atoms with Crippen LogP contribution in [-0.2, 0) is 16.0 Å². The number of rotatable bonds is 9. The fraction of sp³-hybridized carbons (Fsp3) is 0.167. The molecule has 0 aliphatic carbocycles. The molecule has 31 heavy (non-hydrogen) atoms. The van der Waals surface area contributed by atoms with Crippen LogP contribution in [0, 0.1) is 0 Å². The minimum Gasteiger partial charge on any atom is -0.494 e. The zero-order valence-electron chi connectivity index (χ0n) is 16.9. The maximum absolute atomic E-state index is 12.4. The number of nitrogens with one attached hydrogen (secondary N) is 1. The number of carbonyl (C=O) groups is 2. The highest BCUT2D eigenvalue weighted by molar-refractivity contribution is 6.39. The molecule has 5 nitrogen and oxygen atoms in total. The van der Waals surface area contributed by atoms with E-state index in [0.717, 1.165) is 0 Å². The van der Waals surface area contributed by atoms with E-state index in [9.17, 15) is 9.59 Å². The number of hydrogen-bond donors (Lipinski definition) is 1. The van der Waals surface area contributed by atoms with Gasteiger partial charge in [0.2, 0.25) is 0 Å². The quantitative estimate of drug-likeness (QED) is 0.310. The first kappa shape index (κ1) is 22.7. The van der Waals surface area contributed by atoms with E-state index >= 15 is 0 Å². The van der Waals surface area contributed by atoms with Crippen LogP contribution >= 0.6 is 23.2 Å². The highest BCUT2D eigenvalue weighted by Gasteiger charge is 2.14. The predicted molar refractivity (Wildman–Crippen MR) is 123 cm³/mol. The SMILES string of the molecule is CCOc1ccc(C(=O)COC(=O)Cc2ccccc2Nc2c(Cl)cccc2Cl)cc1. The molecule has 0 spiro atoms. The Balaban J connectivity index is 1.61. The van der Waals surface area contributed by atoms with Gasteiger partial charge < -0.3 is 14.8 Å². The van der Waals surface area contributed by atoms with E-state index in [2.05, 4.69) is 5.32 Å². The second-order valence-electron chi connectivity index (χ2n) is 6.60. The topological polar surface area (TPSA) is 64.6 Å². The predicted octanol–water partition coefficient (Wildman–Crippen LogP) is 6.10. The van der Waals surface area contributed by atoms with Crippen LogP contribution in [0.3, 0.4) is 0 Å². The molecule has 0 radical (unpaired) electrons. The number of anilines is 2. The average Bonchev–Trinajstić information content (AvgIpc) is 2.76. The third-order valence-corrected chi connectivity index (χ3v) is 5.06. The van der Waals surface area contributed by atoms with Gasteiger partial charge in [0.15, 0.2) is 12.4 Å². The van der Waals surface area contributed by atoms with Crippen LogP contribution < -0.4 is 10.1 Å². The van der Waals surface area contributed by atoms with Gasteiger partial charge >= 0.3 is 5.97 Å². The maximum atomic E-state index is 12.4. The van der Waals surface area contributed by atoms with Crippen LogP contribution in [0.4, 0.5) is 11.4 Å². The molecule has 0 unspecified atom stereocenters. The minimum absolute atomic E-state index is 0.0121. The molecular formula is C24H21Cl2NO4. The zero-order chi connectivity index (χ0) is 22.2. The molecule has 0 bridgehead atoms. The molecule has 0 saturated heterocycles. The summed E-state index contributed by atoms with van der Waals surface area (Å²) in [6, 6.07) is 19.2. The number of esters is 1. The summed E-state index contributed by atoms with van der Waals surface area (Å²) in [5.74, 6) is -0.122. The highest BCUT2D eigenvalue weighted by atomic mass is 35.5. The van der Waals surface area contributed by atoms with Crippen LogP contribution in [0.15, 0.2) is 66.7 Å². The lowest BCUT2D eigenvalue weighted by molar-refractivity contribution is -0.141. The van der Waals surface area contributed by atoms with Gasteiger partial charge in [-0.25, -0.2) is 0 Å². The molecule has 160 valence electrons. The van der Waals surface area contributed by atoms with Crippen LogP contribution in [0.1, 0.15) is 22.8 Å². The number of carbonyl (C=O) groups excluding carboxylic acids is 2. The van der Waals surface area contributed by atoms with Crippen molar-refractivity contribution in [2.24, 2.45) is 0 Å². The Morgan fingerprint density at radius 1 is 0.903 bits per heavy atom. The van der Waals surface area contributed by atoms with Crippen molar-refractivity contribution in [2.75, 3.05) is 18.5 Å². The Kier molecular flexibility index (Phi) is 7.93. The van der Waals surface area contributed by atoms with Gasteiger partial charge in [0.1, 0.15) is 5.75 Å².